The maximum absolute atomic E-state index is 12.9. The lowest BCUT2D eigenvalue weighted by Crippen LogP contribution is -2.30. The van der Waals surface area contributed by atoms with Crippen molar-refractivity contribution >= 4 is 34.5 Å². The van der Waals surface area contributed by atoms with Crippen molar-refractivity contribution in [2.75, 3.05) is 11.6 Å². The molecule has 26 heavy (non-hydrogen) atoms. The van der Waals surface area contributed by atoms with Crippen molar-refractivity contribution in [2.24, 2.45) is 0 Å². The molecule has 1 aliphatic heterocycles. The van der Waals surface area contributed by atoms with Gasteiger partial charge in [-0.25, -0.2) is 4.98 Å². The van der Waals surface area contributed by atoms with E-state index in [4.69, 9.17) is 4.98 Å². The molecule has 0 spiro atoms. The lowest BCUT2D eigenvalue weighted by atomic mass is 9.85. The molecule has 130 valence electrons. The minimum absolute atomic E-state index is 0.114. The smallest absolute Gasteiger partial charge is 0.209 e. The van der Waals surface area contributed by atoms with Crippen molar-refractivity contribution in [1.29, 1.82) is 0 Å². The first-order chi connectivity index (χ1) is 12.8. The number of imidazole rings is 1. The average molecular weight is 361 g/mol. The fourth-order valence-electron chi connectivity index (χ4n) is 4.07. The number of hydrogen-bond donors (Lipinski definition) is 1. The molecule has 1 atom stereocenters. The van der Waals surface area contributed by atoms with Crippen LogP contribution in [0.15, 0.2) is 64.7 Å². The molecule has 0 saturated carbocycles. The van der Waals surface area contributed by atoms with Crippen molar-refractivity contribution in [2.45, 2.75) is 30.2 Å². The van der Waals surface area contributed by atoms with E-state index in [1.807, 2.05) is 18.2 Å². The number of anilines is 1. The predicted octanol–water partition coefficient (Wildman–Crippen LogP) is 4.78. The van der Waals surface area contributed by atoms with Gasteiger partial charge in [0.25, 0.3) is 0 Å². The summed E-state index contributed by atoms with van der Waals surface area (Å²) in [6, 6.07) is 16.6. The molecule has 3 aromatic rings. The largest absolute Gasteiger partial charge is 0.329 e. The molecule has 1 aliphatic carbocycles. The molecular formula is C21H19N3OS. The second-order valence-corrected chi connectivity index (χ2v) is 7.64. The van der Waals surface area contributed by atoms with Crippen LogP contribution in [0.1, 0.15) is 30.9 Å². The summed E-state index contributed by atoms with van der Waals surface area (Å²) in [7, 11) is 0. The Hall–Kier alpha value is -2.53. The highest BCUT2D eigenvalue weighted by molar-refractivity contribution is 7.98. The Bertz CT molecular complexity index is 1050. The van der Waals surface area contributed by atoms with E-state index in [2.05, 4.69) is 46.5 Å². The standard InChI is InChI=1S/C21H19N3OS/c1-26-14-11-9-13(10-12-14)20-19-16(6-4-8-18(19)25)23-21-22-15-5-2-3-7-17(15)24(20)21/h2-3,5,7,9-12,20H,4,6,8H2,1H3,(H,22,23)/t20-/m0/s1. The minimum atomic E-state index is -0.114. The third-order valence-electron chi connectivity index (χ3n) is 5.28. The molecule has 4 nitrogen and oxygen atoms in total. The topological polar surface area (TPSA) is 46.9 Å². The van der Waals surface area contributed by atoms with Gasteiger partial charge in [0.05, 0.1) is 17.1 Å². The molecule has 0 bridgehead atoms. The van der Waals surface area contributed by atoms with Crippen LogP contribution in [0.4, 0.5) is 5.95 Å². The molecule has 0 saturated heterocycles. The Balaban J connectivity index is 1.77. The van der Waals surface area contributed by atoms with Crippen LogP contribution < -0.4 is 5.32 Å². The van der Waals surface area contributed by atoms with Gasteiger partial charge in [-0.15, -0.1) is 11.8 Å². The van der Waals surface area contributed by atoms with Gasteiger partial charge in [0.1, 0.15) is 0 Å². The molecule has 5 heteroatoms. The molecule has 0 fully saturated rings. The van der Waals surface area contributed by atoms with Crippen molar-refractivity contribution < 1.29 is 4.79 Å². The fraction of sp³-hybridized carbons (Fsp3) is 0.238. The number of hydrogen-bond acceptors (Lipinski definition) is 4. The molecule has 2 aromatic carbocycles. The number of thioether (sulfide) groups is 1. The number of para-hydroxylation sites is 2. The molecule has 0 radical (unpaired) electrons. The number of carbonyl (C=O) groups excluding carboxylic acids is 1. The summed E-state index contributed by atoms with van der Waals surface area (Å²) in [5, 5.41) is 3.45. The molecule has 5 rings (SSSR count). The van der Waals surface area contributed by atoms with E-state index in [0.29, 0.717) is 6.42 Å². The summed E-state index contributed by atoms with van der Waals surface area (Å²) in [4.78, 5) is 18.9. The van der Waals surface area contributed by atoms with Crippen LogP contribution in [-0.2, 0) is 4.79 Å². The van der Waals surface area contributed by atoms with E-state index in [-0.39, 0.29) is 11.8 Å². The van der Waals surface area contributed by atoms with Crippen molar-refractivity contribution in [3.63, 3.8) is 0 Å². The second-order valence-electron chi connectivity index (χ2n) is 6.76. The van der Waals surface area contributed by atoms with Crippen molar-refractivity contribution in [1.82, 2.24) is 9.55 Å². The van der Waals surface area contributed by atoms with Gasteiger partial charge in [-0.05, 0) is 48.9 Å². The first kappa shape index (κ1) is 15.7. The number of benzene rings is 2. The maximum atomic E-state index is 12.9. The van der Waals surface area contributed by atoms with Gasteiger partial charge < -0.3 is 5.32 Å². The van der Waals surface area contributed by atoms with Gasteiger partial charge >= 0.3 is 0 Å². The highest BCUT2D eigenvalue weighted by atomic mass is 32.2. The van der Waals surface area contributed by atoms with Crippen LogP contribution in [0.3, 0.4) is 0 Å². The highest BCUT2D eigenvalue weighted by Crippen LogP contribution is 2.42. The maximum Gasteiger partial charge on any atom is 0.209 e. The summed E-state index contributed by atoms with van der Waals surface area (Å²) < 4.78 is 2.19. The third kappa shape index (κ3) is 2.31. The quantitative estimate of drug-likeness (QED) is 0.667. The molecule has 0 amide bonds. The van der Waals surface area contributed by atoms with Gasteiger partial charge in [-0.1, -0.05) is 24.3 Å². The first-order valence-corrected chi connectivity index (χ1v) is 10.1. The third-order valence-corrected chi connectivity index (χ3v) is 6.02. The van der Waals surface area contributed by atoms with Gasteiger partial charge in [0.15, 0.2) is 5.78 Å². The Morgan fingerprint density at radius 3 is 2.73 bits per heavy atom. The van der Waals surface area contributed by atoms with Gasteiger partial charge in [0.2, 0.25) is 5.95 Å². The SMILES string of the molecule is CSc1ccc([C@H]2C3=C(CCCC3=O)Nc3nc4ccccc4n32)cc1. The number of rotatable bonds is 2. The summed E-state index contributed by atoms with van der Waals surface area (Å²) in [5.41, 5.74) is 5.09. The summed E-state index contributed by atoms with van der Waals surface area (Å²) >= 11 is 1.73. The minimum Gasteiger partial charge on any atom is -0.329 e. The molecular weight excluding hydrogens is 342 g/mol. The summed E-state index contributed by atoms with van der Waals surface area (Å²) in [6.07, 6.45) is 4.51. The van der Waals surface area contributed by atoms with Crippen LogP contribution in [0.5, 0.6) is 0 Å². The molecule has 2 aliphatic rings. The fourth-order valence-corrected chi connectivity index (χ4v) is 4.48. The molecule has 2 heterocycles. The lowest BCUT2D eigenvalue weighted by molar-refractivity contribution is -0.116. The van der Waals surface area contributed by atoms with E-state index in [1.54, 1.807) is 11.8 Å². The van der Waals surface area contributed by atoms with Crippen LogP contribution >= 0.6 is 11.8 Å². The van der Waals surface area contributed by atoms with Crippen molar-refractivity contribution in [3.8, 4) is 0 Å². The van der Waals surface area contributed by atoms with E-state index in [0.717, 1.165) is 46.7 Å². The van der Waals surface area contributed by atoms with E-state index < -0.39 is 0 Å². The zero-order valence-corrected chi connectivity index (χ0v) is 15.3. The van der Waals surface area contributed by atoms with Crippen molar-refractivity contribution in [3.05, 3.63) is 65.4 Å². The Morgan fingerprint density at radius 2 is 1.92 bits per heavy atom. The van der Waals surface area contributed by atoms with Crippen LogP contribution in [0, 0.1) is 0 Å². The number of fused-ring (bicyclic) bond motifs is 3. The van der Waals surface area contributed by atoms with Crippen LogP contribution in [-0.4, -0.2) is 21.6 Å². The lowest BCUT2D eigenvalue weighted by Gasteiger charge is -2.34. The van der Waals surface area contributed by atoms with Gasteiger partial charge in [-0.3, -0.25) is 9.36 Å². The number of nitrogens with one attached hydrogen (secondary N) is 1. The second kappa shape index (κ2) is 6.02. The zero-order chi connectivity index (χ0) is 17.7. The highest BCUT2D eigenvalue weighted by Gasteiger charge is 2.36. The van der Waals surface area contributed by atoms with Crippen LogP contribution in [0.25, 0.3) is 11.0 Å². The first-order valence-electron chi connectivity index (χ1n) is 8.90. The van der Waals surface area contributed by atoms with E-state index in [9.17, 15) is 4.79 Å². The number of Topliss-reactive ketones (excluding diaryl/α,β-unsaturated/α-hetero) is 1. The molecule has 0 unspecified atom stereocenters. The average Bonchev–Trinajstić information content (AvgIpc) is 3.05. The number of carbonyl (C=O) groups is 1. The monoisotopic (exact) mass is 361 g/mol. The number of allylic oxidation sites excluding steroid dienone is 2. The Kier molecular flexibility index (Phi) is 3.64. The number of ketones is 1. The Morgan fingerprint density at radius 1 is 1.12 bits per heavy atom. The molecule has 1 N–H and O–H groups in total. The summed E-state index contributed by atoms with van der Waals surface area (Å²) in [5.74, 6) is 1.08. The Labute approximate surface area is 156 Å². The number of aromatic nitrogens is 2. The normalized spacial score (nSPS) is 19.3. The van der Waals surface area contributed by atoms with Crippen LogP contribution in [0.2, 0.25) is 0 Å². The van der Waals surface area contributed by atoms with Gasteiger partial charge in [0, 0.05) is 22.6 Å². The van der Waals surface area contributed by atoms with E-state index in [1.165, 1.54) is 4.90 Å². The summed E-state index contributed by atoms with van der Waals surface area (Å²) in [6.45, 7) is 0. The predicted molar refractivity (Wildman–Crippen MR) is 106 cm³/mol. The number of nitrogens with zero attached hydrogens (tertiary/aromatic N) is 2. The zero-order valence-electron chi connectivity index (χ0n) is 14.5. The van der Waals surface area contributed by atoms with E-state index >= 15 is 0 Å². The van der Waals surface area contributed by atoms with Gasteiger partial charge in [-0.2, -0.15) is 0 Å². The molecule has 1 aromatic heterocycles.